The lowest BCUT2D eigenvalue weighted by Gasteiger charge is -2.12. The van der Waals surface area contributed by atoms with E-state index in [1.807, 2.05) is 11.7 Å². The fourth-order valence-electron chi connectivity index (χ4n) is 3.20. The highest BCUT2D eigenvalue weighted by atomic mass is 32.2. The van der Waals surface area contributed by atoms with E-state index in [1.165, 1.54) is 12.1 Å². The number of amides is 1. The molecule has 1 amide bonds. The van der Waals surface area contributed by atoms with Crippen molar-refractivity contribution in [1.29, 1.82) is 0 Å². The Hall–Kier alpha value is -2.19. The maximum Gasteiger partial charge on any atom is 0.272 e. The molecular formula is C17H22N4O3S. The van der Waals surface area contributed by atoms with Crippen LogP contribution in [0.15, 0.2) is 29.2 Å². The van der Waals surface area contributed by atoms with Gasteiger partial charge in [-0.15, -0.1) is 0 Å². The van der Waals surface area contributed by atoms with Crippen molar-refractivity contribution < 1.29 is 13.2 Å². The molecule has 0 saturated carbocycles. The molecule has 1 aliphatic carbocycles. The number of hydrogen-bond donors (Lipinski definition) is 2. The van der Waals surface area contributed by atoms with Gasteiger partial charge in [0.05, 0.1) is 4.90 Å². The van der Waals surface area contributed by atoms with Crippen LogP contribution >= 0.6 is 0 Å². The average Bonchev–Trinajstić information content (AvgIpc) is 2.92. The highest BCUT2D eigenvalue weighted by Crippen LogP contribution is 2.23. The van der Waals surface area contributed by atoms with Gasteiger partial charge in [0, 0.05) is 24.8 Å². The topological polar surface area (TPSA) is 107 Å². The van der Waals surface area contributed by atoms with E-state index in [1.54, 1.807) is 12.1 Å². The third kappa shape index (κ3) is 3.91. The molecule has 3 N–H and O–H groups in total. The standard InChI is InChI=1S/C17H22N4O3S/c1-21-15-5-3-2-4-14(15)16(20-21)17(22)19-11-10-12-6-8-13(9-7-12)25(18,23)24/h6-9H,2-5,10-11H2,1H3,(H,19,22)(H2,18,23,24). The summed E-state index contributed by atoms with van der Waals surface area (Å²) < 4.78 is 24.3. The number of aryl methyl sites for hydroxylation is 1. The number of nitrogens with zero attached hydrogens (tertiary/aromatic N) is 2. The number of nitrogens with two attached hydrogens (primary N) is 1. The Balaban J connectivity index is 1.60. The lowest BCUT2D eigenvalue weighted by Crippen LogP contribution is -2.27. The maximum absolute atomic E-state index is 12.4. The molecule has 0 saturated heterocycles. The van der Waals surface area contributed by atoms with E-state index in [4.69, 9.17) is 5.14 Å². The van der Waals surface area contributed by atoms with Crippen LogP contribution in [0.25, 0.3) is 0 Å². The third-order valence-electron chi connectivity index (χ3n) is 4.53. The summed E-state index contributed by atoms with van der Waals surface area (Å²) in [6.07, 6.45) is 4.71. The molecule has 25 heavy (non-hydrogen) atoms. The minimum Gasteiger partial charge on any atom is -0.350 e. The van der Waals surface area contributed by atoms with Gasteiger partial charge in [-0.3, -0.25) is 9.48 Å². The van der Waals surface area contributed by atoms with E-state index in [0.29, 0.717) is 18.7 Å². The Bertz CT molecular complexity index is 885. The van der Waals surface area contributed by atoms with Crippen LogP contribution in [0.1, 0.15) is 40.2 Å². The van der Waals surface area contributed by atoms with E-state index in [0.717, 1.165) is 42.5 Å². The molecule has 0 bridgehead atoms. The minimum absolute atomic E-state index is 0.0837. The highest BCUT2D eigenvalue weighted by molar-refractivity contribution is 7.89. The molecule has 0 atom stereocenters. The first-order chi connectivity index (χ1) is 11.9. The average molecular weight is 362 g/mol. The Morgan fingerprint density at radius 2 is 1.92 bits per heavy atom. The van der Waals surface area contributed by atoms with Crippen molar-refractivity contribution in [3.05, 3.63) is 46.8 Å². The molecule has 0 radical (unpaired) electrons. The zero-order valence-electron chi connectivity index (χ0n) is 14.2. The van der Waals surface area contributed by atoms with Crippen LogP contribution in [0.2, 0.25) is 0 Å². The van der Waals surface area contributed by atoms with E-state index < -0.39 is 10.0 Å². The molecule has 3 rings (SSSR count). The van der Waals surface area contributed by atoms with Gasteiger partial charge >= 0.3 is 0 Å². The number of primary sulfonamides is 1. The number of hydrogen-bond acceptors (Lipinski definition) is 4. The summed E-state index contributed by atoms with van der Waals surface area (Å²) in [5, 5.41) is 12.4. The fraction of sp³-hybridized carbons (Fsp3) is 0.412. The number of rotatable bonds is 5. The maximum atomic E-state index is 12.4. The van der Waals surface area contributed by atoms with Crippen molar-refractivity contribution in [2.24, 2.45) is 12.2 Å². The molecule has 0 aliphatic heterocycles. The Morgan fingerprint density at radius 3 is 2.60 bits per heavy atom. The smallest absolute Gasteiger partial charge is 0.272 e. The molecule has 2 aromatic rings. The number of benzene rings is 1. The second-order valence-electron chi connectivity index (χ2n) is 6.30. The van der Waals surface area contributed by atoms with E-state index in [-0.39, 0.29) is 10.8 Å². The fourth-order valence-corrected chi connectivity index (χ4v) is 3.72. The van der Waals surface area contributed by atoms with Gasteiger partial charge in [-0.2, -0.15) is 5.10 Å². The molecule has 1 aliphatic rings. The van der Waals surface area contributed by atoms with E-state index >= 15 is 0 Å². The van der Waals surface area contributed by atoms with Crippen LogP contribution < -0.4 is 10.5 Å². The predicted octanol–water partition coefficient (Wildman–Crippen LogP) is 0.919. The van der Waals surface area contributed by atoms with Gasteiger partial charge in [-0.25, -0.2) is 13.6 Å². The van der Waals surface area contributed by atoms with Crippen molar-refractivity contribution in [2.75, 3.05) is 6.54 Å². The predicted molar refractivity (Wildman–Crippen MR) is 93.7 cm³/mol. The van der Waals surface area contributed by atoms with Crippen LogP contribution in [0.4, 0.5) is 0 Å². The number of carbonyl (C=O) groups excluding carboxylic acids is 1. The van der Waals surface area contributed by atoms with Crippen LogP contribution in [-0.4, -0.2) is 30.7 Å². The van der Waals surface area contributed by atoms with E-state index in [9.17, 15) is 13.2 Å². The molecule has 1 aromatic carbocycles. The number of sulfonamides is 1. The SMILES string of the molecule is Cn1nc(C(=O)NCCc2ccc(S(N)(=O)=O)cc2)c2c1CCCC2. The minimum atomic E-state index is -3.68. The Labute approximate surface area is 147 Å². The zero-order chi connectivity index (χ0) is 18.0. The summed E-state index contributed by atoms with van der Waals surface area (Å²) >= 11 is 0. The normalized spacial score (nSPS) is 14.2. The Morgan fingerprint density at radius 1 is 1.24 bits per heavy atom. The molecular weight excluding hydrogens is 340 g/mol. The summed E-state index contributed by atoms with van der Waals surface area (Å²) in [5.41, 5.74) is 3.69. The second-order valence-corrected chi connectivity index (χ2v) is 7.86. The summed E-state index contributed by atoms with van der Waals surface area (Å²) in [5.74, 6) is -0.153. The molecule has 0 fully saturated rings. The van der Waals surface area contributed by atoms with Gasteiger partial charge in [0.1, 0.15) is 0 Å². The van der Waals surface area contributed by atoms with Crippen molar-refractivity contribution in [3.63, 3.8) is 0 Å². The molecule has 0 unspecified atom stereocenters. The first-order valence-electron chi connectivity index (χ1n) is 8.31. The summed E-state index contributed by atoms with van der Waals surface area (Å²) in [6, 6.07) is 6.35. The van der Waals surface area contributed by atoms with Crippen LogP contribution in [0.5, 0.6) is 0 Å². The molecule has 134 valence electrons. The number of fused-ring (bicyclic) bond motifs is 1. The van der Waals surface area contributed by atoms with Gasteiger partial charge in [-0.05, 0) is 49.8 Å². The monoisotopic (exact) mass is 362 g/mol. The zero-order valence-corrected chi connectivity index (χ0v) is 15.0. The number of aromatic nitrogens is 2. The molecule has 1 heterocycles. The van der Waals surface area contributed by atoms with Crippen molar-refractivity contribution >= 4 is 15.9 Å². The number of carbonyl (C=O) groups is 1. The van der Waals surface area contributed by atoms with Crippen molar-refractivity contribution in [3.8, 4) is 0 Å². The summed E-state index contributed by atoms with van der Waals surface area (Å²) in [6.45, 7) is 0.457. The molecule has 0 spiro atoms. The van der Waals surface area contributed by atoms with Crippen LogP contribution in [-0.2, 0) is 36.3 Å². The third-order valence-corrected chi connectivity index (χ3v) is 5.46. The van der Waals surface area contributed by atoms with Gasteiger partial charge in [0.15, 0.2) is 5.69 Å². The Kier molecular flexibility index (Phi) is 4.91. The molecule has 7 nitrogen and oxygen atoms in total. The highest BCUT2D eigenvalue weighted by Gasteiger charge is 2.23. The largest absolute Gasteiger partial charge is 0.350 e. The van der Waals surface area contributed by atoms with Gasteiger partial charge in [0.2, 0.25) is 10.0 Å². The first kappa shape index (κ1) is 17.6. The van der Waals surface area contributed by atoms with Crippen molar-refractivity contribution in [2.45, 2.75) is 37.0 Å². The van der Waals surface area contributed by atoms with Gasteiger partial charge in [-0.1, -0.05) is 12.1 Å². The lowest BCUT2D eigenvalue weighted by atomic mass is 9.95. The lowest BCUT2D eigenvalue weighted by molar-refractivity contribution is 0.0947. The quantitative estimate of drug-likeness (QED) is 0.824. The summed E-state index contributed by atoms with van der Waals surface area (Å²) in [4.78, 5) is 12.5. The number of nitrogens with one attached hydrogen (secondary N) is 1. The van der Waals surface area contributed by atoms with Gasteiger partial charge < -0.3 is 5.32 Å². The second kappa shape index (κ2) is 6.97. The first-order valence-corrected chi connectivity index (χ1v) is 9.85. The van der Waals surface area contributed by atoms with Gasteiger partial charge in [0.25, 0.3) is 5.91 Å². The molecule has 1 aromatic heterocycles. The summed E-state index contributed by atoms with van der Waals surface area (Å²) in [7, 11) is -1.79. The molecule has 8 heteroatoms. The van der Waals surface area contributed by atoms with Crippen LogP contribution in [0, 0.1) is 0 Å². The van der Waals surface area contributed by atoms with E-state index in [2.05, 4.69) is 10.4 Å². The van der Waals surface area contributed by atoms with Crippen LogP contribution in [0.3, 0.4) is 0 Å². The van der Waals surface area contributed by atoms with Crippen molar-refractivity contribution in [1.82, 2.24) is 15.1 Å².